The Morgan fingerprint density at radius 1 is 1.27 bits per heavy atom. The van der Waals surface area contributed by atoms with Crippen LogP contribution in [-0.2, 0) is 0 Å². The van der Waals surface area contributed by atoms with Gasteiger partial charge in [0.05, 0.1) is 11.6 Å². The number of halogens is 1. The molecule has 0 spiro atoms. The first-order valence-electron chi connectivity index (χ1n) is 7.12. The van der Waals surface area contributed by atoms with E-state index in [-0.39, 0.29) is 24.4 Å². The van der Waals surface area contributed by atoms with E-state index in [2.05, 4.69) is 10.3 Å². The summed E-state index contributed by atoms with van der Waals surface area (Å²) in [4.78, 5) is 15.7. The number of para-hydroxylation sites is 1. The topological polar surface area (TPSA) is 63.4 Å². The minimum atomic E-state index is -0.154. The van der Waals surface area contributed by atoms with Crippen molar-refractivity contribution in [2.45, 2.75) is 19.4 Å². The van der Waals surface area contributed by atoms with Crippen molar-refractivity contribution in [2.24, 2.45) is 0 Å². The van der Waals surface area contributed by atoms with Crippen LogP contribution in [0.4, 0.5) is 0 Å². The van der Waals surface area contributed by atoms with Gasteiger partial charge in [-0.05, 0) is 30.7 Å². The maximum atomic E-state index is 12.5. The van der Waals surface area contributed by atoms with E-state index in [1.54, 1.807) is 12.1 Å². The van der Waals surface area contributed by atoms with Crippen LogP contribution in [0.2, 0.25) is 0 Å². The first-order chi connectivity index (χ1) is 10.3. The number of aromatic nitrogens is 1. The van der Waals surface area contributed by atoms with Gasteiger partial charge in [-0.2, -0.15) is 0 Å². The predicted molar refractivity (Wildman–Crippen MR) is 86.0 cm³/mol. The number of fused-ring (bicyclic) bond motifs is 1. The smallest absolute Gasteiger partial charge is 0.255 e. The second-order valence-electron chi connectivity index (χ2n) is 4.89. The van der Waals surface area contributed by atoms with Crippen molar-refractivity contribution in [2.75, 3.05) is 13.2 Å². The Hall–Kier alpha value is -2.14. The van der Waals surface area contributed by atoms with E-state index in [4.69, 9.17) is 9.47 Å². The lowest BCUT2D eigenvalue weighted by Gasteiger charge is -2.22. The summed E-state index contributed by atoms with van der Waals surface area (Å²) in [5.41, 5.74) is 1.50. The molecule has 0 saturated heterocycles. The standard InChI is InChI=1S/C16H18N2O3.ClH/c1-2-12(13-6-4-8-17-13)18-16(19)11-5-3-7-14-15(11)21-10-9-20-14;/h3-8,12,17H,2,9-10H2,1H3,(H,18,19);1H. The van der Waals surface area contributed by atoms with Crippen molar-refractivity contribution in [1.29, 1.82) is 0 Å². The average molecular weight is 323 g/mol. The number of rotatable bonds is 4. The van der Waals surface area contributed by atoms with Gasteiger partial charge in [-0.3, -0.25) is 4.79 Å². The number of benzene rings is 1. The third-order valence-electron chi connectivity index (χ3n) is 3.52. The SMILES string of the molecule is CCC(NC(=O)c1cccc2c1OCCO2)c1ccc[nH]1.Cl. The number of amides is 1. The van der Waals surface area contributed by atoms with Gasteiger partial charge in [0, 0.05) is 11.9 Å². The first-order valence-corrected chi connectivity index (χ1v) is 7.12. The lowest BCUT2D eigenvalue weighted by Crippen LogP contribution is -2.29. The molecule has 1 atom stereocenters. The van der Waals surface area contributed by atoms with Crippen LogP contribution < -0.4 is 14.8 Å². The molecule has 22 heavy (non-hydrogen) atoms. The minimum Gasteiger partial charge on any atom is -0.486 e. The van der Waals surface area contributed by atoms with Gasteiger partial charge in [0.1, 0.15) is 13.2 Å². The van der Waals surface area contributed by atoms with Crippen LogP contribution in [0.15, 0.2) is 36.5 Å². The van der Waals surface area contributed by atoms with E-state index in [0.717, 1.165) is 12.1 Å². The molecule has 6 heteroatoms. The number of nitrogens with one attached hydrogen (secondary N) is 2. The highest BCUT2D eigenvalue weighted by molar-refractivity contribution is 5.98. The highest BCUT2D eigenvalue weighted by Crippen LogP contribution is 2.33. The summed E-state index contributed by atoms with van der Waals surface area (Å²) in [6, 6.07) is 9.21. The van der Waals surface area contributed by atoms with E-state index in [1.165, 1.54) is 0 Å². The molecule has 2 N–H and O–H groups in total. The van der Waals surface area contributed by atoms with E-state index < -0.39 is 0 Å². The summed E-state index contributed by atoms with van der Waals surface area (Å²) in [5.74, 6) is 1.00. The monoisotopic (exact) mass is 322 g/mol. The van der Waals surface area contributed by atoms with Crippen LogP contribution in [0, 0.1) is 0 Å². The number of hydrogen-bond acceptors (Lipinski definition) is 3. The van der Waals surface area contributed by atoms with Gasteiger partial charge in [-0.1, -0.05) is 13.0 Å². The molecule has 0 radical (unpaired) electrons. The molecule has 5 nitrogen and oxygen atoms in total. The molecule has 2 heterocycles. The van der Waals surface area contributed by atoms with E-state index in [0.29, 0.717) is 30.3 Å². The molecule has 1 aliphatic rings. The van der Waals surface area contributed by atoms with Gasteiger partial charge in [-0.25, -0.2) is 0 Å². The van der Waals surface area contributed by atoms with Gasteiger partial charge < -0.3 is 19.8 Å². The largest absolute Gasteiger partial charge is 0.486 e. The number of ether oxygens (including phenoxy) is 2. The Kier molecular flexibility index (Phi) is 5.33. The molecule has 0 aliphatic carbocycles. The molecule has 0 saturated carbocycles. The molecule has 2 aromatic rings. The summed E-state index contributed by atoms with van der Waals surface area (Å²) in [5, 5.41) is 3.03. The van der Waals surface area contributed by atoms with Crippen molar-refractivity contribution in [3.63, 3.8) is 0 Å². The van der Waals surface area contributed by atoms with Gasteiger partial charge >= 0.3 is 0 Å². The van der Waals surface area contributed by atoms with Crippen LogP contribution in [0.3, 0.4) is 0 Å². The second-order valence-corrected chi connectivity index (χ2v) is 4.89. The molecule has 1 aromatic heterocycles. The van der Waals surface area contributed by atoms with Crippen LogP contribution in [0.25, 0.3) is 0 Å². The van der Waals surface area contributed by atoms with Crippen molar-refractivity contribution in [1.82, 2.24) is 10.3 Å². The lowest BCUT2D eigenvalue weighted by atomic mass is 10.1. The number of carbonyl (C=O) groups excluding carboxylic acids is 1. The maximum Gasteiger partial charge on any atom is 0.255 e. The molecule has 1 unspecified atom stereocenters. The fraction of sp³-hybridized carbons (Fsp3) is 0.312. The Morgan fingerprint density at radius 2 is 2.09 bits per heavy atom. The van der Waals surface area contributed by atoms with E-state index >= 15 is 0 Å². The zero-order chi connectivity index (χ0) is 14.7. The predicted octanol–water partition coefficient (Wildman–Crippen LogP) is 3.09. The summed E-state index contributed by atoms with van der Waals surface area (Å²) in [6.07, 6.45) is 2.66. The Bertz CT molecular complexity index is 628. The van der Waals surface area contributed by atoms with Crippen LogP contribution in [-0.4, -0.2) is 24.1 Å². The molecular formula is C16H19ClN2O3. The zero-order valence-corrected chi connectivity index (χ0v) is 13.1. The van der Waals surface area contributed by atoms with Crippen LogP contribution >= 0.6 is 12.4 Å². The normalized spacial score (nSPS) is 13.9. The van der Waals surface area contributed by atoms with E-state index in [1.807, 2.05) is 31.3 Å². The molecule has 1 aromatic carbocycles. The highest BCUT2D eigenvalue weighted by Gasteiger charge is 2.22. The molecule has 118 valence electrons. The number of hydrogen-bond donors (Lipinski definition) is 2. The first kappa shape index (κ1) is 16.2. The van der Waals surface area contributed by atoms with Gasteiger partial charge in [0.2, 0.25) is 0 Å². The van der Waals surface area contributed by atoms with Crippen molar-refractivity contribution in [3.8, 4) is 11.5 Å². The Balaban J connectivity index is 0.00000176. The Labute approximate surface area is 135 Å². The molecule has 3 rings (SSSR count). The molecule has 1 amide bonds. The molecular weight excluding hydrogens is 304 g/mol. The summed E-state index contributed by atoms with van der Waals surface area (Å²) in [6.45, 7) is 3.01. The van der Waals surface area contributed by atoms with Crippen LogP contribution in [0.1, 0.15) is 35.4 Å². The fourth-order valence-electron chi connectivity index (χ4n) is 2.45. The summed E-state index contributed by atoms with van der Waals surface area (Å²) in [7, 11) is 0. The summed E-state index contributed by atoms with van der Waals surface area (Å²) < 4.78 is 11.1. The minimum absolute atomic E-state index is 0. The molecule has 0 fully saturated rings. The number of carbonyl (C=O) groups is 1. The van der Waals surface area contributed by atoms with Crippen molar-refractivity contribution >= 4 is 18.3 Å². The van der Waals surface area contributed by atoms with Gasteiger partial charge in [-0.15, -0.1) is 12.4 Å². The fourth-order valence-corrected chi connectivity index (χ4v) is 2.45. The van der Waals surface area contributed by atoms with Gasteiger partial charge in [0.15, 0.2) is 11.5 Å². The molecule has 1 aliphatic heterocycles. The second kappa shape index (κ2) is 7.22. The Morgan fingerprint density at radius 3 is 2.82 bits per heavy atom. The van der Waals surface area contributed by atoms with Gasteiger partial charge in [0.25, 0.3) is 5.91 Å². The summed E-state index contributed by atoms with van der Waals surface area (Å²) >= 11 is 0. The number of aromatic amines is 1. The lowest BCUT2D eigenvalue weighted by molar-refractivity contribution is 0.0923. The third-order valence-corrected chi connectivity index (χ3v) is 3.52. The zero-order valence-electron chi connectivity index (χ0n) is 12.3. The van der Waals surface area contributed by atoms with Crippen LogP contribution in [0.5, 0.6) is 11.5 Å². The average Bonchev–Trinajstić information content (AvgIpc) is 3.06. The van der Waals surface area contributed by atoms with E-state index in [9.17, 15) is 4.79 Å². The maximum absolute atomic E-state index is 12.5. The molecule has 0 bridgehead atoms. The third kappa shape index (κ3) is 3.20. The number of H-pyrrole nitrogens is 1. The quantitative estimate of drug-likeness (QED) is 0.909. The van der Waals surface area contributed by atoms with Crippen molar-refractivity contribution in [3.05, 3.63) is 47.8 Å². The van der Waals surface area contributed by atoms with Crippen molar-refractivity contribution < 1.29 is 14.3 Å². The highest BCUT2D eigenvalue weighted by atomic mass is 35.5.